The van der Waals surface area contributed by atoms with E-state index >= 15 is 0 Å². The van der Waals surface area contributed by atoms with Gasteiger partial charge in [-0.1, -0.05) is 18.2 Å². The highest BCUT2D eigenvalue weighted by atomic mass is 32.2. The number of amides is 1. The third-order valence-corrected chi connectivity index (χ3v) is 3.58. The summed E-state index contributed by atoms with van der Waals surface area (Å²) < 4.78 is 0. The lowest BCUT2D eigenvalue weighted by Gasteiger charge is -2.18. The van der Waals surface area contributed by atoms with E-state index in [0.717, 1.165) is 16.3 Å². The van der Waals surface area contributed by atoms with E-state index in [1.807, 2.05) is 44.2 Å². The van der Waals surface area contributed by atoms with Crippen LogP contribution in [-0.2, 0) is 4.79 Å². The summed E-state index contributed by atoms with van der Waals surface area (Å²) in [5.74, 6) is 0.827. The number of nitrogens with one attached hydrogen (secondary N) is 1. The van der Waals surface area contributed by atoms with Gasteiger partial charge in [-0.15, -0.1) is 18.3 Å². The summed E-state index contributed by atoms with van der Waals surface area (Å²) in [7, 11) is 0. The second-order valence-electron chi connectivity index (χ2n) is 5.13. The van der Waals surface area contributed by atoms with Crippen molar-refractivity contribution in [3.05, 3.63) is 36.9 Å². The Bertz CT molecular complexity index is 438. The van der Waals surface area contributed by atoms with E-state index in [1.165, 1.54) is 0 Å². The zero-order valence-corrected chi connectivity index (χ0v) is 12.4. The number of anilines is 1. The molecule has 1 aromatic carbocycles. The number of hydrogen-bond donors (Lipinski definition) is 2. The van der Waals surface area contributed by atoms with Crippen LogP contribution in [0.25, 0.3) is 0 Å². The van der Waals surface area contributed by atoms with Crippen LogP contribution in [0.3, 0.4) is 0 Å². The monoisotopic (exact) mass is 278 g/mol. The highest BCUT2D eigenvalue weighted by Gasteiger charge is 2.14. The second-order valence-corrected chi connectivity index (χ2v) is 6.19. The molecule has 0 saturated carbocycles. The molecule has 104 valence electrons. The summed E-state index contributed by atoms with van der Waals surface area (Å²) in [6.45, 7) is 7.55. The largest absolute Gasteiger partial charge is 0.326 e. The molecule has 0 bridgehead atoms. The molecule has 0 aliphatic carbocycles. The zero-order chi connectivity index (χ0) is 14.3. The van der Waals surface area contributed by atoms with Gasteiger partial charge in [0, 0.05) is 22.6 Å². The molecule has 1 rings (SSSR count). The Morgan fingerprint density at radius 1 is 1.47 bits per heavy atom. The Labute approximate surface area is 119 Å². The molecule has 3 N–H and O–H groups in total. The first kappa shape index (κ1) is 15.8. The first-order valence-corrected chi connectivity index (χ1v) is 7.32. The van der Waals surface area contributed by atoms with Gasteiger partial charge >= 0.3 is 0 Å². The molecule has 0 radical (unpaired) electrons. The third kappa shape index (κ3) is 6.45. The van der Waals surface area contributed by atoms with E-state index in [1.54, 1.807) is 11.8 Å². The number of benzene rings is 1. The number of thioether (sulfide) groups is 1. The molecule has 0 spiro atoms. The van der Waals surface area contributed by atoms with Crippen LogP contribution in [0.5, 0.6) is 0 Å². The average Bonchev–Trinajstić information content (AvgIpc) is 2.34. The van der Waals surface area contributed by atoms with Crippen molar-refractivity contribution in [2.75, 3.05) is 11.1 Å². The Morgan fingerprint density at radius 2 is 2.16 bits per heavy atom. The molecule has 0 aliphatic rings. The Hall–Kier alpha value is -1.26. The van der Waals surface area contributed by atoms with Gasteiger partial charge in [-0.3, -0.25) is 4.79 Å². The first-order chi connectivity index (χ1) is 8.92. The minimum absolute atomic E-state index is 0.00479. The van der Waals surface area contributed by atoms with Gasteiger partial charge in [-0.2, -0.15) is 0 Å². The standard InChI is InChI=1S/C15H22N2OS/c1-4-11-19-13-8-6-5-7-12(13)17-14(18)9-10-15(2,3)16/h4-8H,1,9-11,16H2,2-3H3,(H,17,18). The minimum atomic E-state index is -0.311. The summed E-state index contributed by atoms with van der Waals surface area (Å²) in [5.41, 5.74) is 6.42. The molecule has 0 fully saturated rings. The first-order valence-electron chi connectivity index (χ1n) is 6.34. The molecular weight excluding hydrogens is 256 g/mol. The molecule has 0 unspecified atom stereocenters. The van der Waals surface area contributed by atoms with Crippen molar-refractivity contribution in [3.8, 4) is 0 Å². The summed E-state index contributed by atoms with van der Waals surface area (Å²) >= 11 is 1.66. The maximum atomic E-state index is 11.9. The van der Waals surface area contributed by atoms with E-state index in [9.17, 15) is 4.79 Å². The van der Waals surface area contributed by atoms with Gasteiger partial charge in [-0.05, 0) is 32.4 Å². The Morgan fingerprint density at radius 3 is 2.79 bits per heavy atom. The highest BCUT2D eigenvalue weighted by molar-refractivity contribution is 7.99. The Kier molecular flexibility index (Phi) is 6.12. The van der Waals surface area contributed by atoms with Crippen LogP contribution in [-0.4, -0.2) is 17.2 Å². The van der Waals surface area contributed by atoms with Crippen molar-refractivity contribution in [2.45, 2.75) is 37.1 Å². The maximum Gasteiger partial charge on any atom is 0.224 e. The van der Waals surface area contributed by atoms with Gasteiger partial charge in [0.15, 0.2) is 0 Å². The molecule has 4 heteroatoms. The summed E-state index contributed by atoms with van der Waals surface area (Å²) in [5, 5.41) is 2.94. The molecule has 1 amide bonds. The van der Waals surface area contributed by atoms with Crippen LogP contribution in [0, 0.1) is 0 Å². The van der Waals surface area contributed by atoms with Gasteiger partial charge in [-0.25, -0.2) is 0 Å². The fourth-order valence-corrected chi connectivity index (χ4v) is 2.24. The van der Waals surface area contributed by atoms with E-state index in [0.29, 0.717) is 12.8 Å². The number of carbonyl (C=O) groups is 1. The van der Waals surface area contributed by atoms with Gasteiger partial charge in [0.1, 0.15) is 0 Å². The average molecular weight is 278 g/mol. The van der Waals surface area contributed by atoms with Gasteiger partial charge in [0.2, 0.25) is 5.91 Å². The molecule has 0 aliphatic heterocycles. The van der Waals surface area contributed by atoms with Gasteiger partial charge < -0.3 is 11.1 Å². The van der Waals surface area contributed by atoms with Crippen LogP contribution < -0.4 is 11.1 Å². The lowest BCUT2D eigenvalue weighted by atomic mass is 10.00. The molecule has 3 nitrogen and oxygen atoms in total. The van der Waals surface area contributed by atoms with Crippen LogP contribution in [0.1, 0.15) is 26.7 Å². The van der Waals surface area contributed by atoms with Crippen molar-refractivity contribution in [3.63, 3.8) is 0 Å². The number of para-hydroxylation sites is 1. The number of carbonyl (C=O) groups excluding carboxylic acids is 1. The summed E-state index contributed by atoms with van der Waals surface area (Å²) in [6.07, 6.45) is 2.95. The molecule has 1 aromatic rings. The quantitative estimate of drug-likeness (QED) is 0.593. The van der Waals surface area contributed by atoms with Crippen LogP contribution in [0.15, 0.2) is 41.8 Å². The normalized spacial score (nSPS) is 11.1. The predicted octanol–water partition coefficient (Wildman–Crippen LogP) is 3.42. The number of rotatable bonds is 7. The fourth-order valence-electron chi connectivity index (χ4n) is 1.49. The Balaban J connectivity index is 2.60. The molecule has 19 heavy (non-hydrogen) atoms. The summed E-state index contributed by atoms with van der Waals surface area (Å²) in [6, 6.07) is 7.79. The van der Waals surface area contributed by atoms with Crippen LogP contribution in [0.4, 0.5) is 5.69 Å². The van der Waals surface area contributed by atoms with E-state index in [4.69, 9.17) is 5.73 Å². The number of hydrogen-bond acceptors (Lipinski definition) is 3. The summed E-state index contributed by atoms with van der Waals surface area (Å²) in [4.78, 5) is 12.9. The number of nitrogens with two attached hydrogens (primary N) is 1. The molecule has 0 atom stereocenters. The lowest BCUT2D eigenvalue weighted by Crippen LogP contribution is -2.33. The van der Waals surface area contributed by atoms with Crippen molar-refractivity contribution in [1.29, 1.82) is 0 Å². The van der Waals surface area contributed by atoms with E-state index in [2.05, 4.69) is 11.9 Å². The predicted molar refractivity (Wildman–Crippen MR) is 83.5 cm³/mol. The second kappa shape index (κ2) is 7.36. The highest BCUT2D eigenvalue weighted by Crippen LogP contribution is 2.27. The molecular formula is C15H22N2OS. The van der Waals surface area contributed by atoms with Crippen molar-refractivity contribution in [2.24, 2.45) is 5.73 Å². The zero-order valence-electron chi connectivity index (χ0n) is 11.6. The maximum absolute atomic E-state index is 11.9. The van der Waals surface area contributed by atoms with E-state index < -0.39 is 0 Å². The van der Waals surface area contributed by atoms with Gasteiger partial charge in [0.05, 0.1) is 5.69 Å². The van der Waals surface area contributed by atoms with Crippen molar-refractivity contribution in [1.82, 2.24) is 0 Å². The van der Waals surface area contributed by atoms with Crippen molar-refractivity contribution >= 4 is 23.4 Å². The molecule has 0 heterocycles. The smallest absolute Gasteiger partial charge is 0.224 e. The third-order valence-electron chi connectivity index (χ3n) is 2.51. The lowest BCUT2D eigenvalue weighted by molar-refractivity contribution is -0.116. The van der Waals surface area contributed by atoms with Crippen LogP contribution >= 0.6 is 11.8 Å². The van der Waals surface area contributed by atoms with E-state index in [-0.39, 0.29) is 11.4 Å². The SMILES string of the molecule is C=CCSc1ccccc1NC(=O)CCC(C)(C)N. The fraction of sp³-hybridized carbons (Fsp3) is 0.400. The molecule has 0 aromatic heterocycles. The van der Waals surface area contributed by atoms with Crippen molar-refractivity contribution < 1.29 is 4.79 Å². The topological polar surface area (TPSA) is 55.1 Å². The van der Waals surface area contributed by atoms with Gasteiger partial charge in [0.25, 0.3) is 0 Å². The molecule has 0 saturated heterocycles. The van der Waals surface area contributed by atoms with Crippen LogP contribution in [0.2, 0.25) is 0 Å². The minimum Gasteiger partial charge on any atom is -0.326 e.